The largest absolute Gasteiger partial charge is 0.380 e. The molecule has 1 aliphatic carbocycles. The van der Waals surface area contributed by atoms with Gasteiger partial charge >= 0.3 is 0 Å². The molecule has 0 aromatic carbocycles. The molecule has 1 aliphatic rings. The number of anilines is 1. The van der Waals surface area contributed by atoms with Gasteiger partial charge in [-0.2, -0.15) is 5.26 Å². The lowest BCUT2D eigenvalue weighted by molar-refractivity contribution is 0.404. The van der Waals surface area contributed by atoms with Gasteiger partial charge in [0.2, 0.25) is 0 Å². The predicted molar refractivity (Wildman–Crippen MR) is 72.3 cm³/mol. The summed E-state index contributed by atoms with van der Waals surface area (Å²) in [4.78, 5) is 4.32. The van der Waals surface area contributed by atoms with Crippen LogP contribution in [0, 0.1) is 25.2 Å². The van der Waals surface area contributed by atoms with Gasteiger partial charge in [-0.05, 0) is 32.8 Å². The fraction of sp³-hybridized carbons (Fsp3) is 0.571. The van der Waals surface area contributed by atoms with Crippen molar-refractivity contribution in [2.75, 3.05) is 5.32 Å². The Morgan fingerprint density at radius 2 is 2.11 bits per heavy atom. The molecule has 4 heteroatoms. The quantitative estimate of drug-likeness (QED) is 0.836. The molecule has 0 bridgehead atoms. The molecule has 1 fully saturated rings. The van der Waals surface area contributed by atoms with E-state index in [0.29, 0.717) is 5.56 Å². The lowest BCUT2D eigenvalue weighted by Crippen LogP contribution is -2.42. The highest BCUT2D eigenvalue weighted by Crippen LogP contribution is 2.24. The molecule has 0 saturated heterocycles. The minimum atomic E-state index is 0.180. The van der Waals surface area contributed by atoms with Crippen LogP contribution in [-0.2, 0) is 0 Å². The van der Waals surface area contributed by atoms with Crippen molar-refractivity contribution >= 4 is 5.69 Å². The van der Waals surface area contributed by atoms with Gasteiger partial charge in [-0.25, -0.2) is 0 Å². The lowest BCUT2D eigenvalue weighted by Gasteiger charge is -2.30. The second-order valence-corrected chi connectivity index (χ2v) is 5.08. The van der Waals surface area contributed by atoms with Crippen LogP contribution in [0.25, 0.3) is 0 Å². The summed E-state index contributed by atoms with van der Waals surface area (Å²) >= 11 is 0. The molecule has 1 aromatic rings. The molecule has 3 N–H and O–H groups in total. The zero-order chi connectivity index (χ0) is 13.1. The van der Waals surface area contributed by atoms with E-state index in [2.05, 4.69) is 16.4 Å². The summed E-state index contributed by atoms with van der Waals surface area (Å²) in [5.74, 6) is 0. The van der Waals surface area contributed by atoms with Gasteiger partial charge in [-0.15, -0.1) is 0 Å². The molecule has 0 amide bonds. The molecule has 1 heterocycles. The van der Waals surface area contributed by atoms with E-state index < -0.39 is 0 Å². The first-order chi connectivity index (χ1) is 8.61. The van der Waals surface area contributed by atoms with Crippen molar-refractivity contribution < 1.29 is 0 Å². The molecule has 2 atom stereocenters. The fourth-order valence-corrected chi connectivity index (χ4v) is 2.62. The van der Waals surface area contributed by atoms with Crippen molar-refractivity contribution in [3.8, 4) is 6.07 Å². The molecule has 1 saturated carbocycles. The van der Waals surface area contributed by atoms with Gasteiger partial charge in [-0.3, -0.25) is 4.98 Å². The maximum atomic E-state index is 9.22. The van der Waals surface area contributed by atoms with Crippen LogP contribution in [-0.4, -0.2) is 17.1 Å². The van der Waals surface area contributed by atoms with E-state index in [0.717, 1.165) is 29.9 Å². The van der Waals surface area contributed by atoms with Crippen molar-refractivity contribution in [2.24, 2.45) is 5.73 Å². The van der Waals surface area contributed by atoms with Crippen molar-refractivity contribution in [3.05, 3.63) is 23.0 Å². The molecule has 4 nitrogen and oxygen atoms in total. The highest BCUT2D eigenvalue weighted by Gasteiger charge is 2.22. The number of aryl methyl sites for hydroxylation is 2. The average molecular weight is 244 g/mol. The van der Waals surface area contributed by atoms with Crippen LogP contribution >= 0.6 is 0 Å². The third-order valence-corrected chi connectivity index (χ3v) is 3.60. The highest BCUT2D eigenvalue weighted by atomic mass is 15.0. The summed E-state index contributed by atoms with van der Waals surface area (Å²) in [6.07, 6.45) is 4.55. The van der Waals surface area contributed by atoms with E-state index >= 15 is 0 Å². The van der Waals surface area contributed by atoms with Crippen molar-refractivity contribution in [1.82, 2.24) is 4.98 Å². The molecular weight excluding hydrogens is 224 g/mol. The summed E-state index contributed by atoms with van der Waals surface area (Å²) in [7, 11) is 0. The van der Waals surface area contributed by atoms with Gasteiger partial charge in [0, 0.05) is 17.8 Å². The summed E-state index contributed by atoms with van der Waals surface area (Å²) < 4.78 is 0. The van der Waals surface area contributed by atoms with Crippen LogP contribution in [0.4, 0.5) is 5.69 Å². The van der Waals surface area contributed by atoms with E-state index in [4.69, 9.17) is 5.73 Å². The molecule has 0 radical (unpaired) electrons. The van der Waals surface area contributed by atoms with Gasteiger partial charge < -0.3 is 11.1 Å². The summed E-state index contributed by atoms with van der Waals surface area (Å²) in [6.45, 7) is 3.82. The van der Waals surface area contributed by atoms with Crippen LogP contribution < -0.4 is 11.1 Å². The minimum absolute atomic E-state index is 0.180. The summed E-state index contributed by atoms with van der Waals surface area (Å²) in [5, 5.41) is 12.7. The van der Waals surface area contributed by atoms with E-state index in [1.165, 1.54) is 12.8 Å². The second-order valence-electron chi connectivity index (χ2n) is 5.08. The molecule has 2 rings (SSSR count). The number of pyridine rings is 1. The molecule has 0 aliphatic heterocycles. The Labute approximate surface area is 108 Å². The number of nitrogens with two attached hydrogens (primary N) is 1. The smallest absolute Gasteiger partial charge is 0.103 e. The number of hydrogen-bond acceptors (Lipinski definition) is 4. The Bertz CT molecular complexity index is 475. The number of nitriles is 1. The molecule has 96 valence electrons. The van der Waals surface area contributed by atoms with Crippen LogP contribution in [0.1, 0.15) is 42.6 Å². The standard InChI is InChI=1S/C14H20N4/c1-9-7-14(11(8-15)10(2)17-9)18-13-6-4-3-5-12(13)16/h7,12-13H,3-6,16H2,1-2H3,(H,17,18). The van der Waals surface area contributed by atoms with Crippen LogP contribution in [0.2, 0.25) is 0 Å². The maximum absolute atomic E-state index is 9.22. The minimum Gasteiger partial charge on any atom is -0.380 e. The predicted octanol–water partition coefficient (Wildman–Crippen LogP) is 2.25. The topological polar surface area (TPSA) is 74.7 Å². The Morgan fingerprint density at radius 1 is 1.39 bits per heavy atom. The Hall–Kier alpha value is -1.60. The third-order valence-electron chi connectivity index (χ3n) is 3.60. The van der Waals surface area contributed by atoms with E-state index in [9.17, 15) is 5.26 Å². The van der Waals surface area contributed by atoms with Crippen molar-refractivity contribution in [2.45, 2.75) is 51.6 Å². The molecular formula is C14H20N4. The normalized spacial score (nSPS) is 23.4. The Kier molecular flexibility index (Phi) is 3.83. The van der Waals surface area contributed by atoms with Gasteiger partial charge in [0.25, 0.3) is 0 Å². The van der Waals surface area contributed by atoms with Gasteiger partial charge in [0.05, 0.1) is 16.9 Å². The number of nitrogens with one attached hydrogen (secondary N) is 1. The van der Waals surface area contributed by atoms with E-state index in [-0.39, 0.29) is 12.1 Å². The Balaban J connectivity index is 2.25. The molecule has 18 heavy (non-hydrogen) atoms. The van der Waals surface area contributed by atoms with E-state index in [1.54, 1.807) is 0 Å². The second kappa shape index (κ2) is 5.36. The zero-order valence-corrected chi connectivity index (χ0v) is 11.0. The van der Waals surface area contributed by atoms with Crippen LogP contribution in [0.15, 0.2) is 6.07 Å². The van der Waals surface area contributed by atoms with Crippen LogP contribution in [0.3, 0.4) is 0 Å². The first-order valence-corrected chi connectivity index (χ1v) is 6.52. The monoisotopic (exact) mass is 244 g/mol. The Morgan fingerprint density at radius 3 is 2.78 bits per heavy atom. The average Bonchev–Trinajstić information content (AvgIpc) is 2.31. The van der Waals surface area contributed by atoms with Gasteiger partial charge in [0.1, 0.15) is 6.07 Å². The number of hydrogen-bond donors (Lipinski definition) is 2. The first-order valence-electron chi connectivity index (χ1n) is 6.52. The molecule has 2 unspecified atom stereocenters. The SMILES string of the molecule is Cc1cc(NC2CCCCC2N)c(C#N)c(C)n1. The van der Waals surface area contributed by atoms with Gasteiger partial charge in [-0.1, -0.05) is 12.8 Å². The zero-order valence-electron chi connectivity index (χ0n) is 11.0. The fourth-order valence-electron chi connectivity index (χ4n) is 2.62. The molecule has 1 aromatic heterocycles. The van der Waals surface area contributed by atoms with Crippen LogP contribution in [0.5, 0.6) is 0 Å². The van der Waals surface area contributed by atoms with Crippen molar-refractivity contribution in [3.63, 3.8) is 0 Å². The van der Waals surface area contributed by atoms with Gasteiger partial charge in [0.15, 0.2) is 0 Å². The van der Waals surface area contributed by atoms with E-state index in [1.807, 2.05) is 19.9 Å². The lowest BCUT2D eigenvalue weighted by atomic mass is 9.90. The molecule has 0 spiro atoms. The highest BCUT2D eigenvalue weighted by molar-refractivity contribution is 5.60. The summed E-state index contributed by atoms with van der Waals surface area (Å²) in [5.41, 5.74) is 9.36. The summed E-state index contributed by atoms with van der Waals surface area (Å²) in [6, 6.07) is 4.62. The number of aromatic nitrogens is 1. The van der Waals surface area contributed by atoms with Crippen molar-refractivity contribution in [1.29, 1.82) is 5.26 Å². The number of nitrogens with zero attached hydrogens (tertiary/aromatic N) is 2. The number of rotatable bonds is 2. The first kappa shape index (κ1) is 12.8. The third kappa shape index (κ3) is 2.62. The maximum Gasteiger partial charge on any atom is 0.103 e.